The molecule has 2 atom stereocenters. The molecule has 2 unspecified atom stereocenters. The Labute approximate surface area is 119 Å². The van der Waals surface area contributed by atoms with E-state index >= 15 is 0 Å². The summed E-state index contributed by atoms with van der Waals surface area (Å²) >= 11 is 0. The number of aromatic nitrogens is 2. The van der Waals surface area contributed by atoms with Crippen LogP contribution in [0.25, 0.3) is 11.6 Å². The maximum Gasteiger partial charge on any atom is 0.197 e. The Bertz CT molecular complexity index is 607. The van der Waals surface area contributed by atoms with E-state index in [0.717, 1.165) is 40.9 Å². The predicted molar refractivity (Wildman–Crippen MR) is 79.9 cm³/mol. The third-order valence-electron chi connectivity index (χ3n) is 4.14. The third-order valence-corrected chi connectivity index (χ3v) is 4.14. The Balaban J connectivity index is 1.98. The SMILES string of the molecule is CCc1nc(-c2ccc(C3CC3C)o2)nc(NC)c1C. The lowest BCUT2D eigenvalue weighted by atomic mass is 10.2. The number of furan rings is 1. The fourth-order valence-corrected chi connectivity index (χ4v) is 2.65. The predicted octanol–water partition coefficient (Wildman–Crippen LogP) is 3.77. The molecule has 0 amide bonds. The Morgan fingerprint density at radius 1 is 1.35 bits per heavy atom. The van der Waals surface area contributed by atoms with E-state index in [9.17, 15) is 0 Å². The zero-order valence-corrected chi connectivity index (χ0v) is 12.5. The van der Waals surface area contributed by atoms with Crippen molar-refractivity contribution in [3.63, 3.8) is 0 Å². The van der Waals surface area contributed by atoms with E-state index in [-0.39, 0.29) is 0 Å². The molecule has 1 N–H and O–H groups in total. The van der Waals surface area contributed by atoms with Crippen LogP contribution < -0.4 is 5.32 Å². The van der Waals surface area contributed by atoms with Crippen molar-refractivity contribution in [2.45, 2.75) is 39.5 Å². The van der Waals surface area contributed by atoms with Crippen molar-refractivity contribution in [3.8, 4) is 11.6 Å². The molecule has 2 heterocycles. The van der Waals surface area contributed by atoms with Gasteiger partial charge in [0.15, 0.2) is 11.6 Å². The standard InChI is InChI=1S/C16H21N3O/c1-5-12-10(3)15(17-4)19-16(18-12)14-7-6-13(20-14)11-8-9(11)2/h6-7,9,11H,5,8H2,1-4H3,(H,17,18,19). The van der Waals surface area contributed by atoms with E-state index in [1.165, 1.54) is 6.42 Å². The first-order valence-corrected chi connectivity index (χ1v) is 7.29. The van der Waals surface area contributed by atoms with Crippen LogP contribution in [0.3, 0.4) is 0 Å². The molecule has 2 aromatic rings. The van der Waals surface area contributed by atoms with Gasteiger partial charge in [-0.05, 0) is 37.8 Å². The first-order valence-electron chi connectivity index (χ1n) is 7.29. The molecule has 1 aliphatic carbocycles. The average Bonchev–Trinajstić information content (AvgIpc) is 3.00. The van der Waals surface area contributed by atoms with Crippen LogP contribution in [0, 0.1) is 12.8 Å². The normalized spacial score (nSPS) is 21.0. The number of nitrogens with zero attached hydrogens (tertiary/aromatic N) is 2. The van der Waals surface area contributed by atoms with E-state index in [1.807, 2.05) is 20.0 Å². The zero-order valence-electron chi connectivity index (χ0n) is 12.5. The van der Waals surface area contributed by atoms with Crippen LogP contribution in [0.2, 0.25) is 0 Å². The Kier molecular flexibility index (Phi) is 3.24. The molecule has 0 aliphatic heterocycles. The summed E-state index contributed by atoms with van der Waals surface area (Å²) in [5.41, 5.74) is 2.18. The second-order valence-corrected chi connectivity index (χ2v) is 5.59. The van der Waals surface area contributed by atoms with Crippen molar-refractivity contribution < 1.29 is 4.42 Å². The summed E-state index contributed by atoms with van der Waals surface area (Å²) in [6.45, 7) is 6.41. The van der Waals surface area contributed by atoms with Crippen LogP contribution in [-0.4, -0.2) is 17.0 Å². The first-order chi connectivity index (χ1) is 9.63. The average molecular weight is 271 g/mol. The van der Waals surface area contributed by atoms with Gasteiger partial charge >= 0.3 is 0 Å². The van der Waals surface area contributed by atoms with Gasteiger partial charge in [-0.25, -0.2) is 9.97 Å². The van der Waals surface area contributed by atoms with E-state index in [2.05, 4.69) is 35.2 Å². The van der Waals surface area contributed by atoms with E-state index in [4.69, 9.17) is 4.42 Å². The molecule has 4 heteroatoms. The number of anilines is 1. The summed E-state index contributed by atoms with van der Waals surface area (Å²) in [6, 6.07) is 4.06. The first kappa shape index (κ1) is 13.2. The molecule has 1 fully saturated rings. The van der Waals surface area contributed by atoms with Gasteiger partial charge in [0.05, 0.1) is 0 Å². The van der Waals surface area contributed by atoms with Crippen molar-refractivity contribution in [1.29, 1.82) is 0 Å². The molecule has 4 nitrogen and oxygen atoms in total. The van der Waals surface area contributed by atoms with Gasteiger partial charge in [-0.2, -0.15) is 0 Å². The van der Waals surface area contributed by atoms with Crippen LogP contribution in [-0.2, 0) is 6.42 Å². The van der Waals surface area contributed by atoms with Gasteiger partial charge in [0.1, 0.15) is 11.6 Å². The lowest BCUT2D eigenvalue weighted by Crippen LogP contribution is -2.04. The van der Waals surface area contributed by atoms with Crippen molar-refractivity contribution >= 4 is 5.82 Å². The molecule has 0 radical (unpaired) electrons. The molecule has 0 bridgehead atoms. The van der Waals surface area contributed by atoms with Crippen LogP contribution in [0.4, 0.5) is 5.82 Å². The fraction of sp³-hybridized carbons (Fsp3) is 0.500. The Morgan fingerprint density at radius 3 is 2.70 bits per heavy atom. The van der Waals surface area contributed by atoms with Crippen molar-refractivity contribution in [2.24, 2.45) is 5.92 Å². The number of rotatable bonds is 4. The number of aryl methyl sites for hydroxylation is 1. The minimum absolute atomic E-state index is 0.587. The van der Waals surface area contributed by atoms with Crippen molar-refractivity contribution in [1.82, 2.24) is 9.97 Å². The fourth-order valence-electron chi connectivity index (χ4n) is 2.65. The minimum atomic E-state index is 0.587. The number of hydrogen-bond acceptors (Lipinski definition) is 4. The topological polar surface area (TPSA) is 51.0 Å². The summed E-state index contributed by atoms with van der Waals surface area (Å²) in [6.07, 6.45) is 2.12. The highest BCUT2D eigenvalue weighted by atomic mass is 16.3. The highest BCUT2D eigenvalue weighted by Gasteiger charge is 2.36. The smallest absolute Gasteiger partial charge is 0.197 e. The maximum atomic E-state index is 5.95. The van der Waals surface area contributed by atoms with Crippen LogP contribution >= 0.6 is 0 Å². The molecule has 106 valence electrons. The second-order valence-electron chi connectivity index (χ2n) is 5.59. The molecule has 0 saturated heterocycles. The van der Waals surface area contributed by atoms with Crippen LogP contribution in [0.15, 0.2) is 16.5 Å². The quantitative estimate of drug-likeness (QED) is 0.919. The van der Waals surface area contributed by atoms with Gasteiger partial charge in [-0.1, -0.05) is 13.8 Å². The van der Waals surface area contributed by atoms with Gasteiger partial charge < -0.3 is 9.73 Å². The van der Waals surface area contributed by atoms with Gasteiger partial charge in [0, 0.05) is 24.2 Å². The van der Waals surface area contributed by atoms with Crippen molar-refractivity contribution in [2.75, 3.05) is 12.4 Å². The zero-order chi connectivity index (χ0) is 14.3. The number of nitrogens with one attached hydrogen (secondary N) is 1. The van der Waals surface area contributed by atoms with Crippen LogP contribution in [0.5, 0.6) is 0 Å². The van der Waals surface area contributed by atoms with Gasteiger partial charge in [-0.15, -0.1) is 0 Å². The minimum Gasteiger partial charge on any atom is -0.457 e. The summed E-state index contributed by atoms with van der Waals surface area (Å²) in [4.78, 5) is 9.20. The largest absolute Gasteiger partial charge is 0.457 e. The Morgan fingerprint density at radius 2 is 2.10 bits per heavy atom. The molecule has 0 aromatic carbocycles. The van der Waals surface area contributed by atoms with E-state index in [0.29, 0.717) is 11.7 Å². The molecular weight excluding hydrogens is 250 g/mol. The molecule has 0 spiro atoms. The molecular formula is C16H21N3O. The lowest BCUT2D eigenvalue weighted by molar-refractivity contribution is 0.514. The van der Waals surface area contributed by atoms with Gasteiger partial charge in [0.25, 0.3) is 0 Å². The van der Waals surface area contributed by atoms with Gasteiger partial charge in [0.2, 0.25) is 0 Å². The van der Waals surface area contributed by atoms with Crippen molar-refractivity contribution in [3.05, 3.63) is 29.2 Å². The molecule has 2 aromatic heterocycles. The number of hydrogen-bond donors (Lipinski definition) is 1. The third kappa shape index (κ3) is 2.19. The maximum absolute atomic E-state index is 5.95. The van der Waals surface area contributed by atoms with Gasteiger partial charge in [-0.3, -0.25) is 0 Å². The monoisotopic (exact) mass is 271 g/mol. The highest BCUT2D eigenvalue weighted by molar-refractivity contribution is 5.55. The van der Waals surface area contributed by atoms with E-state index in [1.54, 1.807) is 0 Å². The summed E-state index contributed by atoms with van der Waals surface area (Å²) < 4.78 is 5.95. The summed E-state index contributed by atoms with van der Waals surface area (Å²) in [5, 5.41) is 3.14. The molecule has 3 rings (SSSR count). The molecule has 20 heavy (non-hydrogen) atoms. The summed E-state index contributed by atoms with van der Waals surface area (Å²) in [7, 11) is 1.89. The Hall–Kier alpha value is -1.84. The molecule has 1 saturated carbocycles. The second kappa shape index (κ2) is 4.93. The highest BCUT2D eigenvalue weighted by Crippen LogP contribution is 2.47. The van der Waals surface area contributed by atoms with Crippen LogP contribution in [0.1, 0.15) is 43.2 Å². The summed E-state index contributed by atoms with van der Waals surface area (Å²) in [5.74, 6) is 4.72. The lowest BCUT2D eigenvalue weighted by Gasteiger charge is -2.09. The molecule has 1 aliphatic rings. The van der Waals surface area contributed by atoms with E-state index < -0.39 is 0 Å².